The number of fused-ring (bicyclic) bond motifs is 15. The number of benzene rings is 7. The summed E-state index contributed by atoms with van der Waals surface area (Å²) in [6.45, 7) is 0. The molecule has 5 nitrogen and oxygen atoms in total. The van der Waals surface area contributed by atoms with Gasteiger partial charge in [0.2, 0.25) is 0 Å². The van der Waals surface area contributed by atoms with E-state index in [2.05, 4.69) is 95.6 Å². The van der Waals surface area contributed by atoms with Crippen LogP contribution in [-0.4, -0.2) is 14.5 Å². The number of aromatic nitrogens is 3. The van der Waals surface area contributed by atoms with Crippen molar-refractivity contribution in [1.82, 2.24) is 14.5 Å². The molecule has 12 rings (SSSR count). The zero-order chi connectivity index (χ0) is 32.5. The molecule has 0 fully saturated rings. The highest BCUT2D eigenvalue weighted by molar-refractivity contribution is 7.26. The summed E-state index contributed by atoms with van der Waals surface area (Å²) in [6.07, 6.45) is 0. The van der Waals surface area contributed by atoms with Crippen molar-refractivity contribution in [3.63, 3.8) is 0 Å². The van der Waals surface area contributed by atoms with Gasteiger partial charge in [-0.3, -0.25) is 4.57 Å². The lowest BCUT2D eigenvalue weighted by Crippen LogP contribution is -2.04. The van der Waals surface area contributed by atoms with Crippen LogP contribution in [0.5, 0.6) is 0 Å². The fourth-order valence-corrected chi connectivity index (χ4v) is 9.31. The van der Waals surface area contributed by atoms with Gasteiger partial charge in [-0.15, -0.1) is 11.3 Å². The topological polar surface area (TPSA) is 57.0 Å². The zero-order valence-electron chi connectivity index (χ0n) is 26.3. The van der Waals surface area contributed by atoms with E-state index in [-0.39, 0.29) is 0 Å². The normalized spacial score (nSPS) is 12.4. The van der Waals surface area contributed by atoms with Crippen molar-refractivity contribution in [2.75, 3.05) is 0 Å². The van der Waals surface area contributed by atoms with Crippen LogP contribution in [0.3, 0.4) is 0 Å². The first-order chi connectivity index (χ1) is 24.8. The van der Waals surface area contributed by atoms with Gasteiger partial charge in [-0.1, -0.05) is 91.0 Å². The average Bonchev–Trinajstić information content (AvgIpc) is 3.92. The van der Waals surface area contributed by atoms with Crippen molar-refractivity contribution in [3.8, 4) is 17.1 Å². The molecule has 0 saturated heterocycles. The molecule has 0 unspecified atom stereocenters. The van der Waals surface area contributed by atoms with Crippen LogP contribution in [-0.2, 0) is 0 Å². The minimum Gasteiger partial charge on any atom is -0.456 e. The highest BCUT2D eigenvalue weighted by Crippen LogP contribution is 2.46. The third-order valence-electron chi connectivity index (χ3n) is 10.2. The van der Waals surface area contributed by atoms with Crippen LogP contribution in [0.2, 0.25) is 0 Å². The van der Waals surface area contributed by atoms with Crippen LogP contribution in [0.4, 0.5) is 0 Å². The number of thiophene rings is 1. The minimum absolute atomic E-state index is 0.788. The summed E-state index contributed by atoms with van der Waals surface area (Å²) in [6, 6.07) is 48.6. The van der Waals surface area contributed by atoms with E-state index in [1.54, 1.807) is 0 Å². The van der Waals surface area contributed by atoms with Crippen molar-refractivity contribution >= 4 is 108 Å². The molecule has 0 radical (unpaired) electrons. The van der Waals surface area contributed by atoms with Crippen molar-refractivity contribution < 1.29 is 8.83 Å². The van der Waals surface area contributed by atoms with Gasteiger partial charge in [0.1, 0.15) is 28.0 Å². The predicted octanol–water partition coefficient (Wildman–Crippen LogP) is 12.6. The Kier molecular flexibility index (Phi) is 5.06. The van der Waals surface area contributed by atoms with Crippen LogP contribution in [0.1, 0.15) is 0 Å². The van der Waals surface area contributed by atoms with Crippen LogP contribution in [0.25, 0.3) is 114 Å². The van der Waals surface area contributed by atoms with Gasteiger partial charge in [-0.2, -0.15) is 0 Å². The van der Waals surface area contributed by atoms with Gasteiger partial charge in [0.05, 0.1) is 32.2 Å². The summed E-state index contributed by atoms with van der Waals surface area (Å²) in [4.78, 5) is 10.9. The van der Waals surface area contributed by atoms with Gasteiger partial charge in [0, 0.05) is 48.0 Å². The molecule has 5 heterocycles. The molecule has 0 atom stereocenters. The fraction of sp³-hybridized carbons (Fsp3) is 0. The quantitative estimate of drug-likeness (QED) is 0.186. The second kappa shape index (κ2) is 9.56. The van der Waals surface area contributed by atoms with Crippen molar-refractivity contribution in [2.24, 2.45) is 0 Å². The maximum Gasteiger partial charge on any atom is 0.165 e. The summed E-state index contributed by atoms with van der Waals surface area (Å²) in [5.74, 6) is 0.788. The van der Waals surface area contributed by atoms with E-state index in [0.717, 1.165) is 83.0 Å². The lowest BCUT2D eigenvalue weighted by Gasteiger charge is -2.14. The molecular weight excluding hydrogens is 635 g/mol. The molecule has 6 heteroatoms. The van der Waals surface area contributed by atoms with Gasteiger partial charge in [-0.25, -0.2) is 9.97 Å². The molecule has 0 aliphatic carbocycles. The predicted molar refractivity (Wildman–Crippen MR) is 207 cm³/mol. The first-order valence-corrected chi connectivity index (χ1v) is 17.5. The van der Waals surface area contributed by atoms with E-state index in [9.17, 15) is 0 Å². The molecule has 0 saturated carbocycles. The highest BCUT2D eigenvalue weighted by Gasteiger charge is 2.25. The summed E-state index contributed by atoms with van der Waals surface area (Å²) in [5.41, 5.74) is 8.95. The van der Waals surface area contributed by atoms with E-state index in [0.29, 0.717) is 0 Å². The number of hydrogen-bond acceptors (Lipinski definition) is 5. The third-order valence-corrected chi connectivity index (χ3v) is 11.4. The second-order valence-corrected chi connectivity index (χ2v) is 13.9. The second-order valence-electron chi connectivity index (χ2n) is 12.9. The van der Waals surface area contributed by atoms with Gasteiger partial charge < -0.3 is 8.83 Å². The smallest absolute Gasteiger partial charge is 0.165 e. The third kappa shape index (κ3) is 3.40. The van der Waals surface area contributed by atoms with Crippen LogP contribution < -0.4 is 0 Å². The Bertz CT molecular complexity index is 3400. The number of hydrogen-bond donors (Lipinski definition) is 0. The summed E-state index contributed by atoms with van der Waals surface area (Å²) < 4.78 is 17.8. The maximum absolute atomic E-state index is 6.73. The van der Waals surface area contributed by atoms with Crippen molar-refractivity contribution in [2.45, 2.75) is 0 Å². The number of rotatable bonds is 2. The molecule has 5 aromatic heterocycles. The Morgan fingerprint density at radius 1 is 0.480 bits per heavy atom. The number of nitrogens with zero attached hydrogens (tertiary/aromatic N) is 3. The fourth-order valence-electron chi connectivity index (χ4n) is 8.07. The Hall–Kier alpha value is -6.50. The molecule has 0 aliphatic rings. The summed E-state index contributed by atoms with van der Waals surface area (Å²) in [7, 11) is 0. The van der Waals surface area contributed by atoms with Crippen LogP contribution in [0, 0.1) is 0 Å². The average molecular weight is 658 g/mol. The van der Waals surface area contributed by atoms with Gasteiger partial charge in [0.25, 0.3) is 0 Å². The molecule has 7 aromatic carbocycles. The first-order valence-electron chi connectivity index (χ1n) is 16.7. The van der Waals surface area contributed by atoms with Crippen LogP contribution in [0.15, 0.2) is 148 Å². The molecule has 232 valence electrons. The molecular formula is C44H23N3O2S. The Labute approximate surface area is 287 Å². The summed E-state index contributed by atoms with van der Waals surface area (Å²) in [5, 5.41) is 8.95. The Morgan fingerprint density at radius 2 is 1.18 bits per heavy atom. The van der Waals surface area contributed by atoms with Gasteiger partial charge in [0.15, 0.2) is 5.82 Å². The lowest BCUT2D eigenvalue weighted by atomic mass is 10.0. The van der Waals surface area contributed by atoms with Crippen LogP contribution >= 0.6 is 11.3 Å². The van der Waals surface area contributed by atoms with E-state index >= 15 is 0 Å². The first kappa shape index (κ1) is 26.5. The molecule has 0 bridgehead atoms. The Morgan fingerprint density at radius 3 is 2.10 bits per heavy atom. The van der Waals surface area contributed by atoms with E-state index in [1.807, 2.05) is 59.9 Å². The van der Waals surface area contributed by atoms with Crippen molar-refractivity contribution in [3.05, 3.63) is 140 Å². The monoisotopic (exact) mass is 657 g/mol. The minimum atomic E-state index is 0.788. The zero-order valence-corrected chi connectivity index (χ0v) is 27.2. The van der Waals surface area contributed by atoms with Crippen molar-refractivity contribution in [1.29, 1.82) is 0 Å². The standard InChI is InChI=1S/C44H23N3O2S/c1-6-16-33-24(10-1)26-20-21-27-25-11-3-8-19-37(25)50-43(27)41(26)47(33)44-40(45-31-14-4-5-15-32(31)46-44)29-13-9-18-35-38(29)30-22-23-36-39(42(30)49-35)28-12-2-7-17-34(28)48-36/h1-23H. The molecule has 50 heavy (non-hydrogen) atoms. The van der Waals surface area contributed by atoms with E-state index in [1.165, 1.54) is 30.9 Å². The summed E-state index contributed by atoms with van der Waals surface area (Å²) >= 11 is 1.84. The largest absolute Gasteiger partial charge is 0.456 e. The SMILES string of the molecule is c1ccc2nc(-n3c4ccccc4c4ccc5c6ccccc6sc5c43)c(-c3cccc4oc5c(ccc6oc7ccccc7c65)c34)nc2c1. The van der Waals surface area contributed by atoms with Gasteiger partial charge >= 0.3 is 0 Å². The van der Waals surface area contributed by atoms with Gasteiger partial charge in [-0.05, 0) is 48.5 Å². The molecule has 12 aromatic rings. The number of furan rings is 2. The molecule has 0 N–H and O–H groups in total. The highest BCUT2D eigenvalue weighted by atomic mass is 32.1. The molecule has 0 aliphatic heterocycles. The number of para-hydroxylation sites is 4. The van der Waals surface area contributed by atoms with E-state index in [4.69, 9.17) is 18.8 Å². The molecule has 0 spiro atoms. The maximum atomic E-state index is 6.73. The van der Waals surface area contributed by atoms with E-state index < -0.39 is 0 Å². The Balaban J connectivity index is 1.26. The molecule has 0 amide bonds. The lowest BCUT2D eigenvalue weighted by molar-refractivity contribution is 0.663.